The van der Waals surface area contributed by atoms with E-state index in [2.05, 4.69) is 30.7 Å². The van der Waals surface area contributed by atoms with Gasteiger partial charge in [-0.3, -0.25) is 0 Å². The molecule has 4 rings (SSSR count). The van der Waals surface area contributed by atoms with E-state index >= 15 is 0 Å². The fourth-order valence-electron chi connectivity index (χ4n) is 3.99. The van der Waals surface area contributed by atoms with Gasteiger partial charge in [-0.15, -0.1) is 10.2 Å². The number of carbonyl (C=O) groups is 2. The highest BCUT2D eigenvalue weighted by Crippen LogP contribution is 2.17. The van der Waals surface area contributed by atoms with Crippen LogP contribution in [0.1, 0.15) is 37.3 Å². The smallest absolute Gasteiger partial charge is 0.319 e. The summed E-state index contributed by atoms with van der Waals surface area (Å²) in [5.74, 6) is 1.80. The van der Waals surface area contributed by atoms with Gasteiger partial charge in [0.15, 0.2) is 5.82 Å². The number of aryl methyl sites for hydroxylation is 1. The molecular formula is C20H27N7O2. The topological polar surface area (TPSA) is 104 Å². The monoisotopic (exact) mass is 397 g/mol. The Morgan fingerprint density at radius 3 is 2.76 bits per heavy atom. The molecule has 4 amide bonds. The van der Waals surface area contributed by atoms with Crippen molar-refractivity contribution in [1.29, 1.82) is 0 Å². The molecule has 1 saturated heterocycles. The maximum absolute atomic E-state index is 12.8. The molecule has 0 bridgehead atoms. The lowest BCUT2D eigenvalue weighted by atomic mass is 10.0. The third kappa shape index (κ3) is 4.67. The van der Waals surface area contributed by atoms with Crippen LogP contribution in [0.4, 0.5) is 15.3 Å². The van der Waals surface area contributed by atoms with Crippen molar-refractivity contribution in [3.63, 3.8) is 0 Å². The van der Waals surface area contributed by atoms with E-state index in [-0.39, 0.29) is 18.1 Å². The molecule has 2 aliphatic heterocycles. The summed E-state index contributed by atoms with van der Waals surface area (Å²) >= 11 is 0. The molecule has 0 unspecified atom stereocenters. The van der Waals surface area contributed by atoms with Crippen LogP contribution in [0, 0.1) is 0 Å². The van der Waals surface area contributed by atoms with Gasteiger partial charge < -0.3 is 25.4 Å². The number of urea groups is 2. The van der Waals surface area contributed by atoms with E-state index < -0.39 is 0 Å². The lowest BCUT2D eigenvalue weighted by Crippen LogP contribution is -2.53. The molecule has 154 valence electrons. The minimum atomic E-state index is -0.263. The predicted octanol–water partition coefficient (Wildman–Crippen LogP) is 2.11. The van der Waals surface area contributed by atoms with Gasteiger partial charge in [0.1, 0.15) is 5.82 Å². The number of aromatic nitrogens is 3. The van der Waals surface area contributed by atoms with E-state index in [4.69, 9.17) is 0 Å². The van der Waals surface area contributed by atoms with E-state index in [1.54, 1.807) is 0 Å². The minimum absolute atomic E-state index is 0.0191. The van der Waals surface area contributed by atoms with Crippen molar-refractivity contribution in [2.45, 2.75) is 51.2 Å². The molecule has 0 spiro atoms. The summed E-state index contributed by atoms with van der Waals surface area (Å²) in [6.07, 6.45) is 4.93. The van der Waals surface area contributed by atoms with Crippen molar-refractivity contribution >= 4 is 17.7 Å². The number of piperidine rings is 1. The summed E-state index contributed by atoms with van der Waals surface area (Å²) in [7, 11) is 0. The molecule has 0 radical (unpaired) electrons. The first kappa shape index (κ1) is 19.2. The molecule has 3 heterocycles. The second-order valence-corrected chi connectivity index (χ2v) is 7.49. The number of carbonyl (C=O) groups excluding carboxylic acids is 2. The Balaban J connectivity index is 1.28. The van der Waals surface area contributed by atoms with Gasteiger partial charge >= 0.3 is 12.1 Å². The average molecular weight is 397 g/mol. The van der Waals surface area contributed by atoms with Gasteiger partial charge in [0.05, 0.1) is 12.6 Å². The highest BCUT2D eigenvalue weighted by atomic mass is 16.2. The molecule has 3 N–H and O–H groups in total. The first-order chi connectivity index (χ1) is 14.2. The van der Waals surface area contributed by atoms with Crippen LogP contribution in [-0.2, 0) is 19.5 Å². The van der Waals surface area contributed by atoms with Gasteiger partial charge in [-0.25, -0.2) is 9.59 Å². The molecule has 29 heavy (non-hydrogen) atoms. The normalized spacial score (nSPS) is 18.2. The van der Waals surface area contributed by atoms with Crippen LogP contribution in [-0.4, -0.2) is 50.9 Å². The van der Waals surface area contributed by atoms with Crippen LogP contribution in [0.25, 0.3) is 0 Å². The quantitative estimate of drug-likeness (QED) is 0.719. The number of rotatable bonds is 5. The van der Waals surface area contributed by atoms with Gasteiger partial charge in [0, 0.05) is 31.7 Å². The number of amides is 4. The molecule has 2 aliphatic rings. The predicted molar refractivity (Wildman–Crippen MR) is 108 cm³/mol. The van der Waals surface area contributed by atoms with Crippen molar-refractivity contribution in [2.24, 2.45) is 0 Å². The zero-order valence-electron chi connectivity index (χ0n) is 16.4. The first-order valence-corrected chi connectivity index (χ1v) is 10.3. The lowest BCUT2D eigenvalue weighted by molar-refractivity contribution is 0.149. The number of likely N-dealkylation sites (tertiary alicyclic amines) is 1. The molecule has 1 fully saturated rings. The Morgan fingerprint density at radius 1 is 1.03 bits per heavy atom. The van der Waals surface area contributed by atoms with Gasteiger partial charge in [0.2, 0.25) is 0 Å². The van der Waals surface area contributed by atoms with Crippen LogP contribution in [0.5, 0.6) is 0 Å². The SMILES string of the molecule is O=C(NC[C@H]1CCCCN1C(=O)NCc1nnc2n1CCC2)Nc1ccccc1. The minimum Gasteiger partial charge on any atom is -0.336 e. The molecule has 1 aromatic heterocycles. The number of nitrogens with one attached hydrogen (secondary N) is 3. The summed E-state index contributed by atoms with van der Waals surface area (Å²) in [5.41, 5.74) is 0.740. The lowest BCUT2D eigenvalue weighted by Gasteiger charge is -2.35. The fourth-order valence-corrected chi connectivity index (χ4v) is 3.99. The largest absolute Gasteiger partial charge is 0.336 e. The highest BCUT2D eigenvalue weighted by Gasteiger charge is 2.27. The second-order valence-electron chi connectivity index (χ2n) is 7.49. The molecule has 2 aromatic rings. The van der Waals surface area contributed by atoms with Crippen molar-refractivity contribution in [1.82, 2.24) is 30.3 Å². The van der Waals surface area contributed by atoms with E-state index in [1.807, 2.05) is 35.2 Å². The number of nitrogens with zero attached hydrogens (tertiary/aromatic N) is 4. The van der Waals surface area contributed by atoms with E-state index in [9.17, 15) is 9.59 Å². The molecule has 1 atom stereocenters. The maximum Gasteiger partial charge on any atom is 0.319 e. The summed E-state index contributed by atoms with van der Waals surface area (Å²) in [5, 5.41) is 17.0. The molecule has 1 aromatic carbocycles. The summed E-state index contributed by atoms with van der Waals surface area (Å²) in [6, 6.07) is 8.91. The third-order valence-corrected chi connectivity index (χ3v) is 5.50. The molecule has 9 nitrogen and oxygen atoms in total. The Labute approximate surface area is 169 Å². The van der Waals surface area contributed by atoms with Crippen LogP contribution in [0.15, 0.2) is 30.3 Å². The van der Waals surface area contributed by atoms with Crippen molar-refractivity contribution in [3.8, 4) is 0 Å². The summed E-state index contributed by atoms with van der Waals surface area (Å²) in [6.45, 7) is 2.40. The number of hydrogen-bond donors (Lipinski definition) is 3. The fraction of sp³-hybridized carbons (Fsp3) is 0.500. The second kappa shape index (κ2) is 8.93. The number of fused-ring (bicyclic) bond motifs is 1. The maximum atomic E-state index is 12.8. The van der Waals surface area contributed by atoms with E-state index in [0.29, 0.717) is 19.6 Å². The average Bonchev–Trinajstić information content (AvgIpc) is 3.36. The summed E-state index contributed by atoms with van der Waals surface area (Å²) in [4.78, 5) is 26.8. The number of para-hydroxylation sites is 1. The van der Waals surface area contributed by atoms with Crippen LogP contribution >= 0.6 is 0 Å². The zero-order valence-corrected chi connectivity index (χ0v) is 16.4. The Hall–Kier alpha value is -3.10. The first-order valence-electron chi connectivity index (χ1n) is 10.3. The van der Waals surface area contributed by atoms with Gasteiger partial charge in [-0.05, 0) is 37.8 Å². The number of anilines is 1. The van der Waals surface area contributed by atoms with Gasteiger partial charge in [-0.2, -0.15) is 0 Å². The number of benzene rings is 1. The van der Waals surface area contributed by atoms with Gasteiger partial charge in [0.25, 0.3) is 0 Å². The van der Waals surface area contributed by atoms with Crippen molar-refractivity contribution in [2.75, 3.05) is 18.4 Å². The van der Waals surface area contributed by atoms with Crippen LogP contribution < -0.4 is 16.0 Å². The van der Waals surface area contributed by atoms with Crippen LogP contribution in [0.2, 0.25) is 0 Å². The van der Waals surface area contributed by atoms with Crippen LogP contribution in [0.3, 0.4) is 0 Å². The summed E-state index contributed by atoms with van der Waals surface area (Å²) < 4.78 is 2.09. The van der Waals surface area contributed by atoms with E-state index in [1.165, 1.54) is 0 Å². The Morgan fingerprint density at radius 2 is 1.90 bits per heavy atom. The van der Waals surface area contributed by atoms with E-state index in [0.717, 1.165) is 56.0 Å². The molecule has 0 aliphatic carbocycles. The highest BCUT2D eigenvalue weighted by molar-refractivity contribution is 5.89. The molecule has 0 saturated carbocycles. The number of hydrogen-bond acceptors (Lipinski definition) is 4. The molecular weight excluding hydrogens is 370 g/mol. The van der Waals surface area contributed by atoms with Crippen molar-refractivity contribution < 1.29 is 9.59 Å². The third-order valence-electron chi connectivity index (χ3n) is 5.50. The van der Waals surface area contributed by atoms with Crippen molar-refractivity contribution in [3.05, 3.63) is 42.0 Å². The zero-order chi connectivity index (χ0) is 20.1. The van der Waals surface area contributed by atoms with Gasteiger partial charge in [-0.1, -0.05) is 18.2 Å². The molecule has 9 heteroatoms. The Bertz CT molecular complexity index is 852. The standard InChI is InChI=1S/C20H27N7O2/c28-19(23-15-7-2-1-3-8-15)21-13-16-9-4-5-11-26(16)20(29)22-14-18-25-24-17-10-6-12-27(17)18/h1-3,7-8,16H,4-6,9-14H2,(H,22,29)(H2,21,23,28)/t16-/m1/s1. The Kier molecular flexibility index (Phi) is 5.92.